The van der Waals surface area contributed by atoms with Gasteiger partial charge in [0.1, 0.15) is 0 Å². The van der Waals surface area contributed by atoms with E-state index in [-0.39, 0.29) is 0 Å². The summed E-state index contributed by atoms with van der Waals surface area (Å²) in [4.78, 5) is 0. The van der Waals surface area contributed by atoms with Gasteiger partial charge in [0.25, 0.3) is 0 Å². The molecule has 0 heterocycles. The predicted octanol–water partition coefficient (Wildman–Crippen LogP) is 6.16. The molecule has 24 heavy (non-hydrogen) atoms. The normalized spacial score (nSPS) is 11.1. The molecule has 2 rings (SSSR count). The highest BCUT2D eigenvalue weighted by atomic mass is 28.2. The van der Waals surface area contributed by atoms with E-state index in [1.807, 2.05) is 0 Å². The minimum absolute atomic E-state index is 0.358. The molecule has 0 amide bonds. The summed E-state index contributed by atoms with van der Waals surface area (Å²) in [6, 6.07) is 21.5. The maximum atomic E-state index is 6.06. The molecule has 0 aliphatic carbocycles. The number of hydrogen-bond donors (Lipinski definition) is 0. The van der Waals surface area contributed by atoms with Crippen molar-refractivity contribution in [1.29, 1.82) is 0 Å². The van der Waals surface area contributed by atoms with Crippen LogP contribution in [0.1, 0.15) is 68.5 Å². The van der Waals surface area contributed by atoms with Crippen LogP contribution in [-0.2, 0) is 4.43 Å². The lowest BCUT2D eigenvalue weighted by Gasteiger charge is -2.16. The summed E-state index contributed by atoms with van der Waals surface area (Å²) in [6.07, 6.45) is 9.33. The number of unbranched alkanes of at least 4 members (excludes halogenated alkanes) is 6. The van der Waals surface area contributed by atoms with E-state index < -0.39 is 0 Å². The van der Waals surface area contributed by atoms with Crippen LogP contribution < -0.4 is 0 Å². The Bertz CT molecular complexity index is 487. The van der Waals surface area contributed by atoms with Gasteiger partial charge in [0.2, 0.25) is 9.76 Å². The van der Waals surface area contributed by atoms with E-state index in [1.54, 1.807) is 0 Å². The van der Waals surface area contributed by atoms with Gasteiger partial charge in [-0.25, -0.2) is 0 Å². The Morgan fingerprint density at radius 3 is 1.75 bits per heavy atom. The van der Waals surface area contributed by atoms with Crippen LogP contribution in [-0.4, -0.2) is 16.4 Å². The smallest absolute Gasteiger partial charge is 0.242 e. The largest absolute Gasteiger partial charge is 0.416 e. The minimum atomic E-state index is 0.358. The Morgan fingerprint density at radius 2 is 1.21 bits per heavy atom. The molecule has 0 spiro atoms. The first kappa shape index (κ1) is 18.9. The zero-order chi connectivity index (χ0) is 16.9. The van der Waals surface area contributed by atoms with Crippen LogP contribution in [0.5, 0.6) is 0 Å². The Balaban J connectivity index is 1.74. The van der Waals surface area contributed by atoms with E-state index in [2.05, 4.69) is 67.6 Å². The van der Waals surface area contributed by atoms with E-state index in [1.165, 1.54) is 56.1 Å². The van der Waals surface area contributed by atoms with Gasteiger partial charge in [0.15, 0.2) is 0 Å². The van der Waals surface area contributed by atoms with Crippen molar-refractivity contribution in [2.45, 2.75) is 57.4 Å². The summed E-state index contributed by atoms with van der Waals surface area (Å²) in [5.41, 5.74) is 3.06. The van der Waals surface area contributed by atoms with Crippen LogP contribution >= 0.6 is 0 Å². The Kier molecular flexibility index (Phi) is 9.51. The maximum Gasteiger partial charge on any atom is 0.242 e. The third-order valence-corrected chi connectivity index (χ3v) is 5.59. The molecule has 0 aliphatic heterocycles. The maximum absolute atomic E-state index is 6.06. The standard InChI is InChI=1S/C22H30OSi/c1-2-3-4-5-6-7-14-19-23-24-22(20-15-10-8-11-16-20)21-17-12-9-13-18-21/h8-13,15-18,22H,2-7,14,19H2,1H3. The summed E-state index contributed by atoms with van der Waals surface area (Å²) in [7, 11) is 0.490. The zero-order valence-electron chi connectivity index (χ0n) is 14.9. The van der Waals surface area contributed by atoms with Gasteiger partial charge in [0.05, 0.1) is 0 Å². The van der Waals surface area contributed by atoms with Gasteiger partial charge in [-0.3, -0.25) is 0 Å². The Hall–Kier alpha value is -1.38. The summed E-state index contributed by atoms with van der Waals surface area (Å²) >= 11 is 0. The van der Waals surface area contributed by atoms with Crippen molar-refractivity contribution in [2.75, 3.05) is 6.61 Å². The van der Waals surface area contributed by atoms with Crippen molar-refractivity contribution in [2.24, 2.45) is 0 Å². The fourth-order valence-corrected chi connectivity index (χ4v) is 3.98. The molecule has 0 aliphatic rings. The van der Waals surface area contributed by atoms with Gasteiger partial charge in [-0.05, 0) is 17.5 Å². The van der Waals surface area contributed by atoms with Crippen molar-refractivity contribution in [1.82, 2.24) is 0 Å². The molecule has 2 aromatic rings. The molecule has 128 valence electrons. The van der Waals surface area contributed by atoms with Gasteiger partial charge in [-0.2, -0.15) is 0 Å². The van der Waals surface area contributed by atoms with Gasteiger partial charge in [0, 0.05) is 12.1 Å². The van der Waals surface area contributed by atoms with Gasteiger partial charge < -0.3 is 4.43 Å². The average molecular weight is 339 g/mol. The van der Waals surface area contributed by atoms with Crippen LogP contribution in [0, 0.1) is 0 Å². The molecular weight excluding hydrogens is 308 g/mol. The van der Waals surface area contributed by atoms with Crippen molar-refractivity contribution in [3.63, 3.8) is 0 Å². The molecule has 0 bridgehead atoms. The highest BCUT2D eigenvalue weighted by Gasteiger charge is 2.15. The second-order valence-corrected chi connectivity index (χ2v) is 7.44. The van der Waals surface area contributed by atoms with E-state index in [0.29, 0.717) is 15.3 Å². The average Bonchev–Trinajstić information content (AvgIpc) is 2.65. The first-order valence-electron chi connectivity index (χ1n) is 9.39. The van der Waals surface area contributed by atoms with Gasteiger partial charge >= 0.3 is 0 Å². The Morgan fingerprint density at radius 1 is 0.708 bits per heavy atom. The lowest BCUT2D eigenvalue weighted by molar-refractivity contribution is 0.317. The summed E-state index contributed by atoms with van der Waals surface area (Å²) in [6.45, 7) is 3.16. The van der Waals surface area contributed by atoms with Crippen LogP contribution in [0.15, 0.2) is 60.7 Å². The molecule has 0 atom stereocenters. The van der Waals surface area contributed by atoms with Crippen LogP contribution in [0.3, 0.4) is 0 Å². The highest BCUT2D eigenvalue weighted by Crippen LogP contribution is 2.23. The van der Waals surface area contributed by atoms with Crippen molar-refractivity contribution < 1.29 is 4.43 Å². The van der Waals surface area contributed by atoms with Gasteiger partial charge in [-0.1, -0.05) is 106 Å². The second-order valence-electron chi connectivity index (χ2n) is 6.34. The van der Waals surface area contributed by atoms with Gasteiger partial charge in [-0.15, -0.1) is 0 Å². The highest BCUT2D eigenvalue weighted by molar-refractivity contribution is 6.31. The molecule has 0 aromatic heterocycles. The molecule has 2 radical (unpaired) electrons. The quantitative estimate of drug-likeness (QED) is 0.332. The SMILES string of the molecule is CCCCCCCCCO[Si]C(c1ccccc1)c1ccccc1. The van der Waals surface area contributed by atoms with Crippen molar-refractivity contribution in [3.8, 4) is 0 Å². The molecule has 0 N–H and O–H groups in total. The molecular formula is C22H30OSi. The van der Waals surface area contributed by atoms with E-state index >= 15 is 0 Å². The minimum Gasteiger partial charge on any atom is -0.416 e. The van der Waals surface area contributed by atoms with E-state index in [4.69, 9.17) is 4.43 Å². The monoisotopic (exact) mass is 338 g/mol. The third kappa shape index (κ3) is 7.02. The van der Waals surface area contributed by atoms with Crippen LogP contribution in [0.25, 0.3) is 0 Å². The number of rotatable bonds is 12. The topological polar surface area (TPSA) is 9.23 Å². The lowest BCUT2D eigenvalue weighted by atomic mass is 10.0. The van der Waals surface area contributed by atoms with Crippen molar-refractivity contribution >= 4 is 9.76 Å². The zero-order valence-corrected chi connectivity index (χ0v) is 15.9. The summed E-state index contributed by atoms with van der Waals surface area (Å²) < 4.78 is 6.06. The molecule has 2 aromatic carbocycles. The lowest BCUT2D eigenvalue weighted by Crippen LogP contribution is -2.14. The molecule has 0 saturated heterocycles. The van der Waals surface area contributed by atoms with E-state index in [9.17, 15) is 0 Å². The van der Waals surface area contributed by atoms with Crippen LogP contribution in [0.4, 0.5) is 0 Å². The van der Waals surface area contributed by atoms with Crippen LogP contribution in [0.2, 0.25) is 0 Å². The van der Waals surface area contributed by atoms with Crippen molar-refractivity contribution in [3.05, 3.63) is 71.8 Å². The molecule has 2 heteroatoms. The predicted molar refractivity (Wildman–Crippen MR) is 104 cm³/mol. The second kappa shape index (κ2) is 12.0. The first-order chi connectivity index (χ1) is 11.9. The fourth-order valence-electron chi connectivity index (χ4n) is 2.89. The number of hydrogen-bond acceptors (Lipinski definition) is 1. The Labute approximate surface area is 150 Å². The summed E-state index contributed by atoms with van der Waals surface area (Å²) in [5, 5.41) is 0. The third-order valence-electron chi connectivity index (χ3n) is 4.32. The van der Waals surface area contributed by atoms with E-state index in [0.717, 1.165) is 6.61 Å². The molecule has 0 unspecified atom stereocenters. The molecule has 0 fully saturated rings. The molecule has 0 saturated carbocycles. The fraction of sp³-hybridized carbons (Fsp3) is 0.455. The first-order valence-corrected chi connectivity index (χ1v) is 10.4. The molecule has 1 nitrogen and oxygen atoms in total. The number of benzene rings is 2. The summed E-state index contributed by atoms with van der Waals surface area (Å²) in [5.74, 6) is 0.